The predicted octanol–water partition coefficient (Wildman–Crippen LogP) is 0.956. The van der Waals surface area contributed by atoms with Gasteiger partial charge in [0.05, 0.1) is 18.3 Å². The van der Waals surface area contributed by atoms with Gasteiger partial charge in [0.2, 0.25) is 0 Å². The Morgan fingerprint density at radius 1 is 1.38 bits per heavy atom. The third kappa shape index (κ3) is 3.70. The summed E-state index contributed by atoms with van der Waals surface area (Å²) in [6.07, 6.45) is 3.72. The molecule has 1 saturated heterocycles. The second kappa shape index (κ2) is 6.96. The minimum absolute atomic E-state index is 0.0432. The minimum Gasteiger partial charge on any atom is -0.481 e. The second-order valence-corrected chi connectivity index (χ2v) is 6.47. The number of rotatable bonds is 6. The predicted molar refractivity (Wildman–Crippen MR) is 88.7 cm³/mol. The molecule has 0 spiro atoms. The molecule has 0 radical (unpaired) electrons. The number of hydrogen-bond acceptors (Lipinski definition) is 6. The normalized spacial score (nSPS) is 21.1. The molecular formula is C16H22N6O2. The van der Waals surface area contributed by atoms with Crippen LogP contribution in [-0.4, -0.2) is 63.6 Å². The molecular weight excluding hydrogens is 308 g/mol. The molecule has 8 heteroatoms. The molecule has 2 aromatic heterocycles. The van der Waals surface area contributed by atoms with E-state index in [0.717, 1.165) is 36.7 Å². The summed E-state index contributed by atoms with van der Waals surface area (Å²) in [4.78, 5) is 19.8. The standard InChI is InChI=1S/C16H22N6O2/c1-21(2)15-4-3-11(6-17-15)8-22-9-12(5-16(23)24)13(10-22)14-7-18-20-19-14/h3-4,6-7,12-13H,5,8-10H2,1-2H3,(H,23,24)(H,18,19,20)/t12-,13+/m0/s1. The van der Waals surface area contributed by atoms with Crippen LogP contribution in [-0.2, 0) is 11.3 Å². The van der Waals surface area contributed by atoms with Crippen molar-refractivity contribution in [2.24, 2.45) is 5.92 Å². The zero-order valence-corrected chi connectivity index (χ0v) is 13.9. The Hall–Kier alpha value is -2.48. The van der Waals surface area contributed by atoms with E-state index in [1.807, 2.05) is 31.3 Å². The lowest BCUT2D eigenvalue weighted by molar-refractivity contribution is -0.138. The van der Waals surface area contributed by atoms with Gasteiger partial charge in [-0.25, -0.2) is 4.98 Å². The van der Waals surface area contributed by atoms with Crippen LogP contribution in [0.1, 0.15) is 23.6 Å². The van der Waals surface area contributed by atoms with Gasteiger partial charge in [0.15, 0.2) is 0 Å². The van der Waals surface area contributed by atoms with Crippen LogP contribution in [0, 0.1) is 5.92 Å². The average molecular weight is 330 g/mol. The zero-order chi connectivity index (χ0) is 17.1. The fourth-order valence-electron chi connectivity index (χ4n) is 3.28. The fraction of sp³-hybridized carbons (Fsp3) is 0.500. The molecule has 24 heavy (non-hydrogen) atoms. The summed E-state index contributed by atoms with van der Waals surface area (Å²) in [7, 11) is 3.92. The molecule has 1 aliphatic heterocycles. The van der Waals surface area contributed by atoms with E-state index in [0.29, 0.717) is 0 Å². The maximum atomic E-state index is 11.2. The third-order valence-corrected chi connectivity index (χ3v) is 4.44. The zero-order valence-electron chi connectivity index (χ0n) is 13.9. The monoisotopic (exact) mass is 330 g/mol. The number of aromatic nitrogens is 4. The van der Waals surface area contributed by atoms with E-state index in [1.54, 1.807) is 6.20 Å². The quantitative estimate of drug-likeness (QED) is 0.814. The van der Waals surface area contributed by atoms with Crippen molar-refractivity contribution in [1.82, 2.24) is 25.3 Å². The highest BCUT2D eigenvalue weighted by Gasteiger charge is 2.36. The first-order chi connectivity index (χ1) is 11.5. The summed E-state index contributed by atoms with van der Waals surface area (Å²) >= 11 is 0. The number of nitrogens with zero attached hydrogens (tertiary/aromatic N) is 5. The number of aliphatic carboxylic acids is 1. The molecule has 128 valence electrons. The van der Waals surface area contributed by atoms with Crippen molar-refractivity contribution in [2.45, 2.75) is 18.9 Å². The Bertz CT molecular complexity index is 670. The summed E-state index contributed by atoms with van der Waals surface area (Å²) in [5.41, 5.74) is 1.96. The molecule has 0 amide bonds. The maximum absolute atomic E-state index is 11.2. The number of hydrogen-bond donors (Lipinski definition) is 2. The average Bonchev–Trinajstić information content (AvgIpc) is 3.17. The molecule has 2 N–H and O–H groups in total. The maximum Gasteiger partial charge on any atom is 0.303 e. The second-order valence-electron chi connectivity index (χ2n) is 6.47. The molecule has 8 nitrogen and oxygen atoms in total. The topological polar surface area (TPSA) is 98.2 Å². The van der Waals surface area contributed by atoms with Crippen LogP contribution in [0.5, 0.6) is 0 Å². The number of nitrogens with one attached hydrogen (secondary N) is 1. The fourth-order valence-corrected chi connectivity index (χ4v) is 3.28. The van der Waals surface area contributed by atoms with Crippen LogP contribution < -0.4 is 4.90 Å². The molecule has 1 fully saturated rings. The molecule has 0 unspecified atom stereocenters. The van der Waals surface area contributed by atoms with E-state index in [-0.39, 0.29) is 18.3 Å². The third-order valence-electron chi connectivity index (χ3n) is 4.44. The van der Waals surface area contributed by atoms with Crippen molar-refractivity contribution in [3.8, 4) is 0 Å². The van der Waals surface area contributed by atoms with Gasteiger partial charge >= 0.3 is 5.97 Å². The Kier molecular flexibility index (Phi) is 4.75. The van der Waals surface area contributed by atoms with Crippen molar-refractivity contribution in [2.75, 3.05) is 32.1 Å². The Morgan fingerprint density at radius 2 is 2.21 bits per heavy atom. The van der Waals surface area contributed by atoms with Gasteiger partial charge in [-0.2, -0.15) is 15.4 Å². The van der Waals surface area contributed by atoms with E-state index in [4.69, 9.17) is 0 Å². The SMILES string of the molecule is CN(C)c1ccc(CN2C[C@H](CC(=O)O)[C@H](c3cn[nH]n3)C2)cn1. The van der Waals surface area contributed by atoms with Crippen LogP contribution in [0.3, 0.4) is 0 Å². The lowest BCUT2D eigenvalue weighted by atomic mass is 9.91. The molecule has 0 aromatic carbocycles. The van der Waals surface area contributed by atoms with Gasteiger partial charge in [-0.15, -0.1) is 0 Å². The van der Waals surface area contributed by atoms with Crippen LogP contribution in [0.25, 0.3) is 0 Å². The number of anilines is 1. The van der Waals surface area contributed by atoms with Crippen molar-refractivity contribution in [3.63, 3.8) is 0 Å². The van der Waals surface area contributed by atoms with Crippen molar-refractivity contribution < 1.29 is 9.90 Å². The van der Waals surface area contributed by atoms with E-state index in [9.17, 15) is 9.90 Å². The Balaban J connectivity index is 1.69. The van der Waals surface area contributed by atoms with Crippen molar-refractivity contribution in [1.29, 1.82) is 0 Å². The van der Waals surface area contributed by atoms with E-state index in [1.165, 1.54) is 0 Å². The highest BCUT2D eigenvalue weighted by molar-refractivity contribution is 5.67. The number of pyridine rings is 1. The molecule has 3 heterocycles. The van der Waals surface area contributed by atoms with Gasteiger partial charge in [-0.05, 0) is 17.5 Å². The summed E-state index contributed by atoms with van der Waals surface area (Å²) < 4.78 is 0. The Morgan fingerprint density at radius 3 is 2.79 bits per heavy atom. The van der Waals surface area contributed by atoms with Crippen molar-refractivity contribution in [3.05, 3.63) is 35.8 Å². The minimum atomic E-state index is -0.771. The number of likely N-dealkylation sites (tertiary alicyclic amines) is 1. The lowest BCUT2D eigenvalue weighted by Crippen LogP contribution is -2.21. The molecule has 3 rings (SSSR count). The number of aromatic amines is 1. The van der Waals surface area contributed by atoms with Gasteiger partial charge < -0.3 is 10.0 Å². The Labute approximate surface area is 140 Å². The first-order valence-corrected chi connectivity index (χ1v) is 7.95. The molecule has 0 bridgehead atoms. The number of carboxylic acid groups (broad SMARTS) is 1. The van der Waals surface area contributed by atoms with Gasteiger partial charge in [-0.3, -0.25) is 9.69 Å². The van der Waals surface area contributed by atoms with Crippen molar-refractivity contribution >= 4 is 11.8 Å². The summed E-state index contributed by atoms with van der Waals surface area (Å²) in [6, 6.07) is 4.06. The molecule has 2 atom stereocenters. The highest BCUT2D eigenvalue weighted by Crippen LogP contribution is 2.34. The summed E-state index contributed by atoms with van der Waals surface area (Å²) in [5, 5.41) is 19.8. The van der Waals surface area contributed by atoms with Gasteiger partial charge in [-0.1, -0.05) is 6.07 Å². The molecule has 0 aliphatic carbocycles. The number of carboxylic acids is 1. The number of H-pyrrole nitrogens is 1. The van der Waals surface area contributed by atoms with E-state index in [2.05, 4.69) is 31.4 Å². The van der Waals surface area contributed by atoms with Gasteiger partial charge in [0.25, 0.3) is 0 Å². The lowest BCUT2D eigenvalue weighted by Gasteiger charge is -2.16. The molecule has 0 saturated carbocycles. The first kappa shape index (κ1) is 16.4. The van der Waals surface area contributed by atoms with E-state index >= 15 is 0 Å². The summed E-state index contributed by atoms with van der Waals surface area (Å²) in [5.74, 6) is 0.284. The highest BCUT2D eigenvalue weighted by atomic mass is 16.4. The smallest absolute Gasteiger partial charge is 0.303 e. The number of carbonyl (C=O) groups is 1. The van der Waals surface area contributed by atoms with Gasteiger partial charge in [0, 0.05) is 45.8 Å². The van der Waals surface area contributed by atoms with Crippen LogP contribution in [0.2, 0.25) is 0 Å². The summed E-state index contributed by atoms with van der Waals surface area (Å²) in [6.45, 7) is 2.27. The van der Waals surface area contributed by atoms with Crippen LogP contribution in [0.4, 0.5) is 5.82 Å². The first-order valence-electron chi connectivity index (χ1n) is 7.95. The largest absolute Gasteiger partial charge is 0.481 e. The molecule has 2 aromatic rings. The van der Waals surface area contributed by atoms with Gasteiger partial charge in [0.1, 0.15) is 5.82 Å². The van der Waals surface area contributed by atoms with E-state index < -0.39 is 5.97 Å². The van der Waals surface area contributed by atoms with Crippen LogP contribution in [0.15, 0.2) is 24.5 Å². The molecule has 1 aliphatic rings. The van der Waals surface area contributed by atoms with Crippen LogP contribution >= 0.6 is 0 Å².